The van der Waals surface area contributed by atoms with E-state index in [0.717, 1.165) is 15.8 Å². The smallest absolute Gasteiger partial charge is 0.302 e. The van der Waals surface area contributed by atoms with Crippen molar-refractivity contribution in [2.75, 3.05) is 5.32 Å². The Morgan fingerprint density at radius 2 is 2.04 bits per heavy atom. The van der Waals surface area contributed by atoms with E-state index in [0.29, 0.717) is 10.7 Å². The quantitative estimate of drug-likeness (QED) is 0.584. The van der Waals surface area contributed by atoms with Crippen molar-refractivity contribution in [1.29, 1.82) is 0 Å². The first kappa shape index (κ1) is 18.9. The Balaban J connectivity index is 1.66. The van der Waals surface area contributed by atoms with Gasteiger partial charge in [-0.05, 0) is 29.1 Å². The second-order valence-corrected chi connectivity index (χ2v) is 7.98. The summed E-state index contributed by atoms with van der Waals surface area (Å²) in [6.45, 7) is 0. The number of amides is 1. The lowest BCUT2D eigenvalue weighted by molar-refractivity contribution is -0.137. The van der Waals surface area contributed by atoms with Crippen LogP contribution in [0.25, 0.3) is 0 Å². The third-order valence-corrected chi connectivity index (χ3v) is 5.55. The molecule has 1 aromatic carbocycles. The highest BCUT2D eigenvalue weighted by Gasteiger charge is 2.33. The van der Waals surface area contributed by atoms with E-state index in [1.807, 2.05) is 17.5 Å². The summed E-state index contributed by atoms with van der Waals surface area (Å²) in [5, 5.41) is 4.70. The Bertz CT molecular complexity index is 907. The fourth-order valence-corrected chi connectivity index (χ4v) is 4.07. The number of nitrogens with one attached hydrogen (secondary N) is 1. The van der Waals surface area contributed by atoms with Crippen molar-refractivity contribution >= 4 is 45.3 Å². The van der Waals surface area contributed by atoms with Gasteiger partial charge in [-0.15, -0.1) is 22.7 Å². The molecule has 0 spiro atoms. The Morgan fingerprint density at radius 1 is 1.23 bits per heavy atom. The van der Waals surface area contributed by atoms with E-state index in [1.54, 1.807) is 12.3 Å². The van der Waals surface area contributed by atoms with Gasteiger partial charge in [0.1, 0.15) is 0 Å². The van der Waals surface area contributed by atoms with Crippen LogP contribution in [0.4, 0.5) is 18.3 Å². The molecule has 0 aliphatic rings. The Hall–Kier alpha value is -1.90. The van der Waals surface area contributed by atoms with Crippen molar-refractivity contribution < 1.29 is 18.0 Å². The molecule has 0 saturated heterocycles. The van der Waals surface area contributed by atoms with E-state index >= 15 is 0 Å². The number of hydrogen-bond donors (Lipinski definition) is 1. The van der Waals surface area contributed by atoms with Gasteiger partial charge in [-0.25, -0.2) is 4.98 Å². The Morgan fingerprint density at radius 3 is 2.73 bits per heavy atom. The molecule has 3 nitrogen and oxygen atoms in total. The van der Waals surface area contributed by atoms with E-state index in [-0.39, 0.29) is 23.8 Å². The minimum absolute atomic E-state index is 0.181. The first-order chi connectivity index (χ1) is 12.3. The van der Waals surface area contributed by atoms with Crippen LogP contribution in [0, 0.1) is 0 Å². The number of rotatable bonds is 5. The number of anilines is 1. The summed E-state index contributed by atoms with van der Waals surface area (Å²) in [6, 6.07) is 7.57. The lowest BCUT2D eigenvalue weighted by atomic mass is 10.1. The summed E-state index contributed by atoms with van der Waals surface area (Å²) in [6.07, 6.45) is -2.41. The summed E-state index contributed by atoms with van der Waals surface area (Å²) in [5.41, 5.74) is -0.382. The molecular weight excluding hydrogens is 405 g/mol. The van der Waals surface area contributed by atoms with Crippen LogP contribution in [0.2, 0.25) is 5.02 Å². The second kappa shape index (κ2) is 7.77. The molecule has 3 rings (SSSR count). The number of alkyl halides is 3. The van der Waals surface area contributed by atoms with Crippen LogP contribution in [0.5, 0.6) is 0 Å². The minimum Gasteiger partial charge on any atom is -0.302 e. The van der Waals surface area contributed by atoms with Gasteiger partial charge in [0.05, 0.1) is 17.0 Å². The van der Waals surface area contributed by atoms with Crippen LogP contribution in [-0.2, 0) is 23.8 Å². The molecule has 26 heavy (non-hydrogen) atoms. The summed E-state index contributed by atoms with van der Waals surface area (Å²) < 4.78 is 38.8. The van der Waals surface area contributed by atoms with Gasteiger partial charge >= 0.3 is 6.18 Å². The monoisotopic (exact) mass is 416 g/mol. The molecular formula is C17H12ClF3N2OS2. The van der Waals surface area contributed by atoms with Crippen molar-refractivity contribution in [1.82, 2.24) is 4.98 Å². The number of thiophene rings is 1. The zero-order valence-electron chi connectivity index (χ0n) is 13.1. The van der Waals surface area contributed by atoms with E-state index in [2.05, 4.69) is 10.3 Å². The predicted molar refractivity (Wildman–Crippen MR) is 98.0 cm³/mol. The number of hydrogen-bond acceptors (Lipinski definition) is 4. The fraction of sp³-hybridized carbons (Fsp3) is 0.176. The van der Waals surface area contributed by atoms with Crippen LogP contribution in [0.3, 0.4) is 0 Å². The highest BCUT2D eigenvalue weighted by Crippen LogP contribution is 2.35. The minimum atomic E-state index is -4.50. The first-order valence-electron chi connectivity index (χ1n) is 7.44. The van der Waals surface area contributed by atoms with Gasteiger partial charge in [-0.3, -0.25) is 4.79 Å². The average molecular weight is 417 g/mol. The third-order valence-electron chi connectivity index (χ3n) is 3.43. The van der Waals surface area contributed by atoms with Gasteiger partial charge in [-0.1, -0.05) is 23.7 Å². The van der Waals surface area contributed by atoms with Gasteiger partial charge in [-0.2, -0.15) is 13.2 Å². The van der Waals surface area contributed by atoms with Gasteiger partial charge in [0.2, 0.25) is 5.91 Å². The maximum absolute atomic E-state index is 12.9. The van der Waals surface area contributed by atoms with Gasteiger partial charge in [0.25, 0.3) is 0 Å². The molecule has 0 radical (unpaired) electrons. The number of carbonyl (C=O) groups excluding carboxylic acids is 1. The highest BCUT2D eigenvalue weighted by molar-refractivity contribution is 7.15. The third kappa shape index (κ3) is 4.84. The summed E-state index contributed by atoms with van der Waals surface area (Å²) in [4.78, 5) is 17.8. The van der Waals surface area contributed by atoms with Crippen LogP contribution in [0.1, 0.15) is 20.9 Å². The van der Waals surface area contributed by atoms with Crippen LogP contribution in [0.15, 0.2) is 41.9 Å². The average Bonchev–Trinajstić information content (AvgIpc) is 3.20. The molecule has 3 aromatic rings. The zero-order chi connectivity index (χ0) is 18.7. The SMILES string of the molecule is O=C(Cc1cccs1)Nc1ncc(Cc2ccc(Cl)c(C(F)(F)F)c2)s1. The molecule has 1 N–H and O–H groups in total. The van der Waals surface area contributed by atoms with Crippen LogP contribution >= 0.6 is 34.3 Å². The molecule has 0 aliphatic heterocycles. The van der Waals surface area contributed by atoms with E-state index < -0.39 is 11.7 Å². The van der Waals surface area contributed by atoms with Crippen molar-refractivity contribution in [2.45, 2.75) is 19.0 Å². The van der Waals surface area contributed by atoms with Crippen LogP contribution < -0.4 is 5.32 Å². The van der Waals surface area contributed by atoms with Gasteiger partial charge in [0.15, 0.2) is 5.13 Å². The standard InChI is InChI=1S/C17H12ClF3N2OS2/c18-14-4-3-10(7-13(14)17(19,20)21)6-12-9-22-16(26-12)23-15(24)8-11-2-1-5-25-11/h1-5,7,9H,6,8H2,(H,22,23,24). The topological polar surface area (TPSA) is 42.0 Å². The van der Waals surface area contributed by atoms with Crippen LogP contribution in [-0.4, -0.2) is 10.9 Å². The summed E-state index contributed by atoms with van der Waals surface area (Å²) in [5.74, 6) is -0.181. The van der Waals surface area contributed by atoms with Crippen molar-refractivity contribution in [3.05, 3.63) is 67.8 Å². The van der Waals surface area contributed by atoms with E-state index in [1.165, 1.54) is 28.7 Å². The lowest BCUT2D eigenvalue weighted by Gasteiger charge is -2.10. The van der Waals surface area contributed by atoms with Crippen molar-refractivity contribution in [3.63, 3.8) is 0 Å². The predicted octanol–water partition coefficient (Wildman–Crippen LogP) is 5.65. The molecule has 0 fully saturated rings. The largest absolute Gasteiger partial charge is 0.417 e. The molecule has 2 aromatic heterocycles. The van der Waals surface area contributed by atoms with Crippen molar-refractivity contribution in [3.8, 4) is 0 Å². The summed E-state index contributed by atoms with van der Waals surface area (Å²) >= 11 is 8.35. The number of nitrogens with zero attached hydrogens (tertiary/aromatic N) is 1. The van der Waals surface area contributed by atoms with E-state index in [4.69, 9.17) is 11.6 Å². The van der Waals surface area contributed by atoms with Gasteiger partial charge < -0.3 is 5.32 Å². The molecule has 2 heterocycles. The highest BCUT2D eigenvalue weighted by atomic mass is 35.5. The number of carbonyl (C=O) groups is 1. The molecule has 0 unspecified atom stereocenters. The maximum atomic E-state index is 12.9. The molecule has 0 bridgehead atoms. The summed E-state index contributed by atoms with van der Waals surface area (Å²) in [7, 11) is 0. The van der Waals surface area contributed by atoms with E-state index in [9.17, 15) is 18.0 Å². The molecule has 136 valence electrons. The fourth-order valence-electron chi connectivity index (χ4n) is 2.28. The number of thiazole rings is 1. The molecule has 0 aliphatic carbocycles. The Labute approximate surface area is 160 Å². The first-order valence-corrected chi connectivity index (χ1v) is 9.51. The molecule has 0 saturated carbocycles. The second-order valence-electron chi connectivity index (χ2n) is 5.42. The molecule has 0 atom stereocenters. The number of aromatic nitrogens is 1. The molecule has 1 amide bonds. The lowest BCUT2D eigenvalue weighted by Crippen LogP contribution is -2.13. The number of halogens is 4. The van der Waals surface area contributed by atoms with Gasteiger partial charge in [0, 0.05) is 22.4 Å². The molecule has 9 heteroatoms. The van der Waals surface area contributed by atoms with Crippen molar-refractivity contribution in [2.24, 2.45) is 0 Å². The Kier molecular flexibility index (Phi) is 5.64. The maximum Gasteiger partial charge on any atom is 0.417 e. The normalized spacial score (nSPS) is 11.5. The zero-order valence-corrected chi connectivity index (χ0v) is 15.5. The number of benzene rings is 1.